The molecule has 1 saturated heterocycles. The molecular formula is C12H26N2O2. The van der Waals surface area contributed by atoms with Gasteiger partial charge in [-0.25, -0.2) is 0 Å². The maximum Gasteiger partial charge on any atom is 0.0599 e. The van der Waals surface area contributed by atoms with Gasteiger partial charge in [0.05, 0.1) is 12.7 Å². The van der Waals surface area contributed by atoms with Crippen LogP contribution >= 0.6 is 0 Å². The first kappa shape index (κ1) is 13.9. The Hall–Kier alpha value is -0.160. The first-order valence-electron chi connectivity index (χ1n) is 6.48. The maximum atomic E-state index is 9.21. The van der Waals surface area contributed by atoms with E-state index in [2.05, 4.69) is 24.1 Å². The van der Waals surface area contributed by atoms with Gasteiger partial charge >= 0.3 is 0 Å². The van der Waals surface area contributed by atoms with Gasteiger partial charge in [0.2, 0.25) is 0 Å². The van der Waals surface area contributed by atoms with Crippen LogP contribution in [-0.4, -0.2) is 61.5 Å². The van der Waals surface area contributed by atoms with Gasteiger partial charge in [-0.05, 0) is 26.3 Å². The minimum Gasteiger partial charge on any atom is -0.395 e. The highest BCUT2D eigenvalue weighted by Crippen LogP contribution is 2.13. The molecule has 0 saturated carbocycles. The van der Waals surface area contributed by atoms with E-state index < -0.39 is 0 Å². The van der Waals surface area contributed by atoms with Gasteiger partial charge in [-0.2, -0.15) is 0 Å². The number of piperidine rings is 1. The summed E-state index contributed by atoms with van der Waals surface area (Å²) in [6, 6.07) is 0.216. The summed E-state index contributed by atoms with van der Waals surface area (Å²) in [7, 11) is 0. The van der Waals surface area contributed by atoms with Crippen LogP contribution in [0.4, 0.5) is 0 Å². The third-order valence-corrected chi connectivity index (χ3v) is 3.13. The Kier molecular flexibility index (Phi) is 6.96. The van der Waals surface area contributed by atoms with E-state index >= 15 is 0 Å². The first-order valence-corrected chi connectivity index (χ1v) is 6.48. The number of hydrogen-bond acceptors (Lipinski definition) is 4. The third kappa shape index (κ3) is 4.78. The summed E-state index contributed by atoms with van der Waals surface area (Å²) in [6.07, 6.45) is 2.70. The van der Waals surface area contributed by atoms with Gasteiger partial charge in [-0.3, -0.25) is 0 Å². The molecule has 4 heteroatoms. The first-order chi connectivity index (χ1) is 7.80. The molecule has 0 aromatic heterocycles. The number of nitrogens with one attached hydrogen (secondary N) is 1. The van der Waals surface area contributed by atoms with Gasteiger partial charge in [-0.1, -0.05) is 6.92 Å². The molecule has 0 spiro atoms. The molecule has 96 valence electrons. The van der Waals surface area contributed by atoms with Crippen LogP contribution in [0.5, 0.6) is 0 Å². The number of nitrogens with zero attached hydrogens (tertiary/aromatic N) is 1. The zero-order chi connectivity index (χ0) is 11.8. The molecule has 1 heterocycles. The lowest BCUT2D eigenvalue weighted by atomic mass is 10.1. The number of aliphatic hydroxyl groups is 1. The van der Waals surface area contributed by atoms with Crippen LogP contribution in [0.3, 0.4) is 0 Å². The Balaban J connectivity index is 2.20. The van der Waals surface area contributed by atoms with Crippen LogP contribution in [0.15, 0.2) is 0 Å². The molecule has 1 aliphatic rings. The summed E-state index contributed by atoms with van der Waals surface area (Å²) >= 11 is 0. The minimum atomic E-state index is 0.216. The third-order valence-electron chi connectivity index (χ3n) is 3.13. The normalized spacial score (nSPS) is 21.2. The number of ether oxygens (including phenoxy) is 1. The van der Waals surface area contributed by atoms with Crippen molar-refractivity contribution in [1.82, 2.24) is 10.2 Å². The molecule has 1 fully saturated rings. The molecule has 0 aromatic rings. The Labute approximate surface area is 99.0 Å². The second-order valence-electron chi connectivity index (χ2n) is 4.39. The van der Waals surface area contributed by atoms with Crippen LogP contribution in [0.1, 0.15) is 26.7 Å². The lowest BCUT2D eigenvalue weighted by molar-refractivity contribution is 0.0110. The molecule has 0 amide bonds. The smallest absolute Gasteiger partial charge is 0.0599 e. The average Bonchev–Trinajstić information content (AvgIpc) is 2.31. The highest BCUT2D eigenvalue weighted by Gasteiger charge is 2.21. The largest absolute Gasteiger partial charge is 0.395 e. The maximum absolute atomic E-state index is 9.21. The molecule has 1 atom stereocenters. The van der Waals surface area contributed by atoms with Crippen molar-refractivity contribution in [3.63, 3.8) is 0 Å². The van der Waals surface area contributed by atoms with E-state index in [1.165, 1.54) is 0 Å². The highest BCUT2D eigenvalue weighted by atomic mass is 16.5. The van der Waals surface area contributed by atoms with Crippen LogP contribution in [-0.2, 0) is 4.74 Å². The molecule has 0 aliphatic carbocycles. The summed E-state index contributed by atoms with van der Waals surface area (Å²) in [5.41, 5.74) is 0. The van der Waals surface area contributed by atoms with E-state index in [0.717, 1.165) is 45.6 Å². The summed E-state index contributed by atoms with van der Waals surface area (Å²) in [4.78, 5) is 2.42. The number of hydrogen-bond donors (Lipinski definition) is 2. The van der Waals surface area contributed by atoms with E-state index in [9.17, 15) is 5.11 Å². The van der Waals surface area contributed by atoms with Crippen molar-refractivity contribution < 1.29 is 9.84 Å². The predicted octanol–water partition coefficient (Wildman–Crippen LogP) is 0.458. The van der Waals surface area contributed by atoms with E-state index in [0.29, 0.717) is 6.10 Å². The molecule has 0 aromatic carbocycles. The van der Waals surface area contributed by atoms with Gasteiger partial charge < -0.3 is 20.1 Å². The standard InChI is InChI=1S/C12H26N2O2/c1-3-13-11(10-15)9-14-7-5-12(6-8-14)16-4-2/h11-13,15H,3-10H2,1-2H3. The Morgan fingerprint density at radius 3 is 2.56 bits per heavy atom. The van der Waals surface area contributed by atoms with Gasteiger partial charge in [-0.15, -0.1) is 0 Å². The van der Waals surface area contributed by atoms with Gasteiger partial charge in [0, 0.05) is 32.3 Å². The van der Waals surface area contributed by atoms with Gasteiger partial charge in [0.15, 0.2) is 0 Å². The molecule has 1 rings (SSSR count). The van der Waals surface area contributed by atoms with Crippen molar-refractivity contribution in [2.45, 2.75) is 38.8 Å². The highest BCUT2D eigenvalue weighted by molar-refractivity contribution is 4.77. The number of likely N-dealkylation sites (N-methyl/N-ethyl adjacent to an activating group) is 1. The number of likely N-dealkylation sites (tertiary alicyclic amines) is 1. The fraction of sp³-hybridized carbons (Fsp3) is 1.00. The SMILES string of the molecule is CCNC(CO)CN1CCC(OCC)CC1. The lowest BCUT2D eigenvalue weighted by Crippen LogP contribution is -2.47. The van der Waals surface area contributed by atoms with Crippen molar-refractivity contribution in [3.05, 3.63) is 0 Å². The molecule has 2 N–H and O–H groups in total. The topological polar surface area (TPSA) is 44.7 Å². The summed E-state index contributed by atoms with van der Waals surface area (Å²) in [5, 5.41) is 12.5. The molecule has 4 nitrogen and oxygen atoms in total. The molecular weight excluding hydrogens is 204 g/mol. The summed E-state index contributed by atoms with van der Waals surface area (Å²) in [6.45, 7) is 9.22. The Bertz CT molecular complexity index is 170. The average molecular weight is 230 g/mol. The zero-order valence-corrected chi connectivity index (χ0v) is 10.6. The van der Waals surface area contributed by atoms with Gasteiger partial charge in [0.25, 0.3) is 0 Å². The molecule has 0 bridgehead atoms. The quantitative estimate of drug-likeness (QED) is 0.667. The van der Waals surface area contributed by atoms with E-state index in [1.807, 2.05) is 0 Å². The zero-order valence-electron chi connectivity index (χ0n) is 10.6. The number of aliphatic hydroxyl groups excluding tert-OH is 1. The van der Waals surface area contributed by atoms with Crippen LogP contribution in [0, 0.1) is 0 Å². The second-order valence-corrected chi connectivity index (χ2v) is 4.39. The Morgan fingerprint density at radius 1 is 1.38 bits per heavy atom. The van der Waals surface area contributed by atoms with Crippen molar-refractivity contribution in [3.8, 4) is 0 Å². The fourth-order valence-corrected chi connectivity index (χ4v) is 2.28. The summed E-state index contributed by atoms with van der Waals surface area (Å²) in [5.74, 6) is 0. The lowest BCUT2D eigenvalue weighted by Gasteiger charge is -2.33. The van der Waals surface area contributed by atoms with E-state index in [4.69, 9.17) is 4.74 Å². The van der Waals surface area contributed by atoms with Crippen LogP contribution < -0.4 is 5.32 Å². The summed E-state index contributed by atoms with van der Waals surface area (Å²) < 4.78 is 5.62. The van der Waals surface area contributed by atoms with Crippen molar-refractivity contribution in [2.75, 3.05) is 39.4 Å². The molecule has 1 aliphatic heterocycles. The predicted molar refractivity (Wildman–Crippen MR) is 65.6 cm³/mol. The van der Waals surface area contributed by atoms with Crippen molar-refractivity contribution in [2.24, 2.45) is 0 Å². The van der Waals surface area contributed by atoms with Crippen LogP contribution in [0.2, 0.25) is 0 Å². The van der Waals surface area contributed by atoms with Gasteiger partial charge in [0.1, 0.15) is 0 Å². The number of rotatable bonds is 7. The molecule has 1 unspecified atom stereocenters. The van der Waals surface area contributed by atoms with Crippen molar-refractivity contribution in [1.29, 1.82) is 0 Å². The molecule has 16 heavy (non-hydrogen) atoms. The van der Waals surface area contributed by atoms with Crippen molar-refractivity contribution >= 4 is 0 Å². The monoisotopic (exact) mass is 230 g/mol. The Morgan fingerprint density at radius 2 is 2.06 bits per heavy atom. The second kappa shape index (κ2) is 8.01. The molecule has 0 radical (unpaired) electrons. The van der Waals surface area contributed by atoms with Crippen LogP contribution in [0.25, 0.3) is 0 Å². The fourth-order valence-electron chi connectivity index (χ4n) is 2.28. The minimum absolute atomic E-state index is 0.216. The van der Waals surface area contributed by atoms with E-state index in [1.54, 1.807) is 0 Å². The van der Waals surface area contributed by atoms with E-state index in [-0.39, 0.29) is 12.6 Å².